The minimum atomic E-state index is -4.39. The van der Waals surface area contributed by atoms with Gasteiger partial charge in [-0.25, -0.2) is 18.0 Å². The van der Waals surface area contributed by atoms with E-state index in [0.717, 1.165) is 14.2 Å². The van der Waals surface area contributed by atoms with Crippen LogP contribution >= 0.6 is 11.3 Å². The van der Waals surface area contributed by atoms with Gasteiger partial charge in [0, 0.05) is 5.69 Å². The second-order valence-electron chi connectivity index (χ2n) is 6.67. The van der Waals surface area contributed by atoms with Crippen LogP contribution in [0, 0.1) is 6.92 Å². The molecule has 0 fully saturated rings. The number of rotatable bonds is 7. The number of sulfonamides is 1. The molecule has 2 N–H and O–H groups in total. The Morgan fingerprint density at radius 1 is 0.879 bits per heavy atom. The summed E-state index contributed by atoms with van der Waals surface area (Å²) < 4.78 is 37.8. The molecule has 11 heteroatoms. The van der Waals surface area contributed by atoms with Gasteiger partial charge in [0.15, 0.2) is 4.21 Å². The number of esters is 2. The van der Waals surface area contributed by atoms with E-state index in [1.54, 1.807) is 42.5 Å². The van der Waals surface area contributed by atoms with Crippen LogP contribution in [0.4, 0.5) is 11.4 Å². The second kappa shape index (κ2) is 9.84. The van der Waals surface area contributed by atoms with Crippen molar-refractivity contribution in [2.75, 3.05) is 24.3 Å². The van der Waals surface area contributed by atoms with Crippen molar-refractivity contribution < 1.29 is 32.3 Å². The summed E-state index contributed by atoms with van der Waals surface area (Å²) in [6, 6.07) is 14.7. The minimum Gasteiger partial charge on any atom is -0.465 e. The summed E-state index contributed by atoms with van der Waals surface area (Å²) in [5, 5.41) is 2.69. The van der Waals surface area contributed by atoms with Gasteiger partial charge in [-0.3, -0.25) is 9.52 Å². The van der Waals surface area contributed by atoms with E-state index in [1.165, 1.54) is 19.1 Å². The van der Waals surface area contributed by atoms with Crippen molar-refractivity contribution in [2.24, 2.45) is 0 Å². The van der Waals surface area contributed by atoms with E-state index in [4.69, 9.17) is 4.74 Å². The van der Waals surface area contributed by atoms with Gasteiger partial charge in [0.05, 0.1) is 31.0 Å². The molecule has 1 heterocycles. The SMILES string of the molecule is COC(=O)c1sc(S(=O)(=O)Nc2ccccc2C(=O)Nc2ccccc2)c(C(=O)OC)c1C. The summed E-state index contributed by atoms with van der Waals surface area (Å²) in [6.07, 6.45) is 0. The van der Waals surface area contributed by atoms with Gasteiger partial charge in [-0.2, -0.15) is 0 Å². The predicted molar refractivity (Wildman–Crippen MR) is 123 cm³/mol. The Morgan fingerprint density at radius 2 is 1.48 bits per heavy atom. The first-order valence-electron chi connectivity index (χ1n) is 9.47. The maximum Gasteiger partial charge on any atom is 0.348 e. The molecular weight excluding hydrogens is 468 g/mol. The van der Waals surface area contributed by atoms with Crippen LogP contribution in [0.3, 0.4) is 0 Å². The molecule has 1 amide bonds. The first-order valence-corrected chi connectivity index (χ1v) is 11.8. The summed E-state index contributed by atoms with van der Waals surface area (Å²) in [4.78, 5) is 37.2. The molecule has 0 unspecified atom stereocenters. The molecule has 1 aromatic heterocycles. The molecule has 0 saturated carbocycles. The average molecular weight is 489 g/mol. The van der Waals surface area contributed by atoms with Gasteiger partial charge in [-0.05, 0) is 36.8 Å². The van der Waals surface area contributed by atoms with Crippen LogP contribution in [0.25, 0.3) is 0 Å². The fourth-order valence-corrected chi connectivity index (χ4v) is 5.81. The van der Waals surface area contributed by atoms with Crippen molar-refractivity contribution in [1.29, 1.82) is 0 Å². The summed E-state index contributed by atoms with van der Waals surface area (Å²) in [5.41, 5.74) is 0.430. The first kappa shape index (κ1) is 24.0. The molecule has 172 valence electrons. The molecule has 0 saturated heterocycles. The van der Waals surface area contributed by atoms with Crippen molar-refractivity contribution in [2.45, 2.75) is 11.1 Å². The molecule has 2 aromatic carbocycles. The quantitative estimate of drug-likeness (QED) is 0.486. The predicted octanol–water partition coefficient (Wildman–Crippen LogP) is 3.68. The number of thiophene rings is 1. The number of amides is 1. The Morgan fingerprint density at radius 3 is 2.12 bits per heavy atom. The molecule has 3 rings (SSSR count). The molecule has 0 radical (unpaired) electrons. The van der Waals surface area contributed by atoms with E-state index < -0.39 is 32.1 Å². The highest BCUT2D eigenvalue weighted by Crippen LogP contribution is 2.34. The summed E-state index contributed by atoms with van der Waals surface area (Å²) in [7, 11) is -2.14. The standard InChI is InChI=1S/C22H20N2O7S2/c1-13-17(20(26)30-2)22(32-18(13)21(27)31-3)33(28,29)24-16-12-8-7-11-15(16)19(25)23-14-9-5-4-6-10-14/h4-12,24H,1-3H3,(H,23,25). The van der Waals surface area contributed by atoms with Crippen LogP contribution in [0.5, 0.6) is 0 Å². The van der Waals surface area contributed by atoms with Gasteiger partial charge in [0.25, 0.3) is 15.9 Å². The molecule has 0 aliphatic carbocycles. The van der Waals surface area contributed by atoms with E-state index in [9.17, 15) is 22.8 Å². The Bertz CT molecular complexity index is 1320. The van der Waals surface area contributed by atoms with Crippen molar-refractivity contribution in [1.82, 2.24) is 0 Å². The molecule has 0 bridgehead atoms. The van der Waals surface area contributed by atoms with Gasteiger partial charge in [-0.1, -0.05) is 30.3 Å². The van der Waals surface area contributed by atoms with Crippen LogP contribution in [-0.4, -0.2) is 40.5 Å². The fraction of sp³-hybridized carbons (Fsp3) is 0.136. The van der Waals surface area contributed by atoms with Gasteiger partial charge >= 0.3 is 11.9 Å². The molecule has 0 aliphatic heterocycles. The third-order valence-corrected chi connectivity index (χ3v) is 7.72. The number of carbonyl (C=O) groups excluding carboxylic acids is 3. The number of ether oxygens (including phenoxy) is 2. The van der Waals surface area contributed by atoms with Crippen LogP contribution in [0.2, 0.25) is 0 Å². The molecule has 33 heavy (non-hydrogen) atoms. The maximum absolute atomic E-state index is 13.3. The van der Waals surface area contributed by atoms with E-state index in [2.05, 4.69) is 14.8 Å². The fourth-order valence-electron chi connectivity index (χ4n) is 2.98. The Hall–Kier alpha value is -3.70. The Labute approximate surface area is 194 Å². The van der Waals surface area contributed by atoms with Crippen LogP contribution in [0.1, 0.15) is 36.0 Å². The number of methoxy groups -OCH3 is 2. The van der Waals surface area contributed by atoms with Crippen molar-refractivity contribution in [3.05, 3.63) is 76.2 Å². The maximum atomic E-state index is 13.3. The molecule has 3 aromatic rings. The number of nitrogens with one attached hydrogen (secondary N) is 2. The summed E-state index contributed by atoms with van der Waals surface area (Å²) in [5.74, 6) is -2.24. The highest BCUT2D eigenvalue weighted by molar-refractivity contribution is 7.94. The topological polar surface area (TPSA) is 128 Å². The highest BCUT2D eigenvalue weighted by atomic mass is 32.2. The monoisotopic (exact) mass is 488 g/mol. The van der Waals surface area contributed by atoms with Gasteiger partial charge in [0.1, 0.15) is 4.88 Å². The molecule has 0 spiro atoms. The van der Waals surface area contributed by atoms with Crippen LogP contribution in [-0.2, 0) is 19.5 Å². The number of carbonyl (C=O) groups is 3. The smallest absolute Gasteiger partial charge is 0.348 e. The molecule has 0 atom stereocenters. The largest absolute Gasteiger partial charge is 0.465 e. The highest BCUT2D eigenvalue weighted by Gasteiger charge is 2.33. The zero-order valence-electron chi connectivity index (χ0n) is 17.9. The summed E-state index contributed by atoms with van der Waals surface area (Å²) >= 11 is 0.579. The van der Waals surface area contributed by atoms with Crippen molar-refractivity contribution in [3.8, 4) is 0 Å². The van der Waals surface area contributed by atoms with E-state index in [-0.39, 0.29) is 27.3 Å². The zero-order chi connectivity index (χ0) is 24.2. The van der Waals surface area contributed by atoms with E-state index in [0.29, 0.717) is 17.0 Å². The second-order valence-corrected chi connectivity index (χ2v) is 9.57. The Kier molecular flexibility index (Phi) is 7.14. The molecular formula is C22H20N2O7S2. The molecule has 9 nitrogen and oxygen atoms in total. The Balaban J connectivity index is 2.02. The zero-order valence-corrected chi connectivity index (χ0v) is 19.5. The lowest BCUT2D eigenvalue weighted by Gasteiger charge is -2.13. The van der Waals surface area contributed by atoms with E-state index >= 15 is 0 Å². The normalized spacial score (nSPS) is 10.9. The van der Waals surface area contributed by atoms with Gasteiger partial charge in [-0.15, -0.1) is 11.3 Å². The molecule has 0 aliphatic rings. The summed E-state index contributed by atoms with van der Waals surface area (Å²) in [6.45, 7) is 1.43. The lowest BCUT2D eigenvalue weighted by Crippen LogP contribution is -2.19. The van der Waals surface area contributed by atoms with E-state index in [1.807, 2.05) is 0 Å². The van der Waals surface area contributed by atoms with Gasteiger partial charge < -0.3 is 14.8 Å². The number of hydrogen-bond donors (Lipinski definition) is 2. The number of hydrogen-bond acceptors (Lipinski definition) is 8. The third-order valence-electron chi connectivity index (χ3n) is 4.57. The van der Waals surface area contributed by atoms with Crippen molar-refractivity contribution >= 4 is 50.6 Å². The lowest BCUT2D eigenvalue weighted by molar-refractivity contribution is 0.0596. The lowest BCUT2D eigenvalue weighted by atomic mass is 10.1. The average Bonchev–Trinajstić information content (AvgIpc) is 3.16. The van der Waals surface area contributed by atoms with Crippen molar-refractivity contribution in [3.63, 3.8) is 0 Å². The van der Waals surface area contributed by atoms with Crippen LogP contribution in [0.15, 0.2) is 58.8 Å². The number of para-hydroxylation sites is 2. The number of anilines is 2. The number of benzene rings is 2. The first-order chi connectivity index (χ1) is 15.7. The third kappa shape index (κ3) is 5.04. The minimum absolute atomic E-state index is 0.00702. The van der Waals surface area contributed by atoms with Crippen LogP contribution < -0.4 is 10.0 Å². The van der Waals surface area contributed by atoms with Gasteiger partial charge in [0.2, 0.25) is 0 Å².